The van der Waals surface area contributed by atoms with E-state index in [0.29, 0.717) is 12.0 Å². The Labute approximate surface area is 233 Å². The summed E-state index contributed by atoms with van der Waals surface area (Å²) in [7, 11) is -7.36. The third-order valence-electron chi connectivity index (χ3n) is 8.64. The van der Waals surface area contributed by atoms with E-state index in [2.05, 4.69) is 131 Å². The van der Waals surface area contributed by atoms with E-state index in [1.165, 1.54) is 34.8 Å². The van der Waals surface area contributed by atoms with Crippen LogP contribution < -0.4 is 15.6 Å². The predicted molar refractivity (Wildman–Crippen MR) is 166 cm³/mol. The van der Waals surface area contributed by atoms with Crippen LogP contribution in [0.25, 0.3) is 0 Å². The maximum Gasteiger partial charge on any atom is 0.311 e. The smallest absolute Gasteiger partial charge is 0.311 e. The van der Waals surface area contributed by atoms with Gasteiger partial charge in [0.1, 0.15) is 0 Å². The van der Waals surface area contributed by atoms with Crippen molar-refractivity contribution in [2.24, 2.45) is 11.8 Å². The Balaban J connectivity index is 1.43. The Morgan fingerprint density at radius 3 is 1.71 bits per heavy atom. The van der Waals surface area contributed by atoms with Gasteiger partial charge in [-0.05, 0) is 85.8 Å². The second kappa shape index (κ2) is 10.6. The minimum Gasteiger partial charge on any atom is -0.436 e. The number of hydrogen-bond acceptors (Lipinski definition) is 3. The average Bonchev–Trinajstić information content (AvgIpc) is 3.58. The van der Waals surface area contributed by atoms with Crippen molar-refractivity contribution in [1.82, 2.24) is 0 Å². The first-order valence-corrected chi connectivity index (χ1v) is 22.1. The first-order valence-electron chi connectivity index (χ1n) is 14.3. The van der Waals surface area contributed by atoms with Crippen molar-refractivity contribution in [3.8, 4) is 0 Å². The summed E-state index contributed by atoms with van der Waals surface area (Å²) < 4.78 is 20.8. The number of fused-ring (bicyclic) bond motifs is 1. The topological polar surface area (TPSA) is 31.0 Å². The van der Waals surface area contributed by atoms with Crippen LogP contribution in [0.15, 0.2) is 91.0 Å². The molecular formula is C32H44O3Si3. The molecule has 0 bridgehead atoms. The fraction of sp³-hybridized carbons (Fsp3) is 0.438. The van der Waals surface area contributed by atoms with Crippen molar-refractivity contribution in [3.05, 3.63) is 91.0 Å². The summed E-state index contributed by atoms with van der Waals surface area (Å²) >= 11 is 0. The molecule has 0 radical (unpaired) electrons. The quantitative estimate of drug-likeness (QED) is 0.168. The average molecular weight is 561 g/mol. The van der Waals surface area contributed by atoms with E-state index in [1.807, 2.05) is 0 Å². The highest BCUT2D eigenvalue weighted by Gasteiger charge is 2.56. The second-order valence-corrected chi connectivity index (χ2v) is 24.2. The van der Waals surface area contributed by atoms with Gasteiger partial charge in [0.25, 0.3) is 8.32 Å². The molecule has 0 aromatic heterocycles. The first-order chi connectivity index (χ1) is 18.0. The van der Waals surface area contributed by atoms with E-state index in [1.54, 1.807) is 0 Å². The van der Waals surface area contributed by atoms with Gasteiger partial charge in [-0.1, -0.05) is 97.9 Å². The van der Waals surface area contributed by atoms with Gasteiger partial charge in [0.05, 0.1) is 11.7 Å². The molecule has 0 spiro atoms. The van der Waals surface area contributed by atoms with E-state index in [0.717, 1.165) is 12.0 Å². The SMILES string of the molecule is CC(C[Si](C)(C)O[Si](C)(C)O[Si](c1ccccc1)(c1ccccc1)c1ccccc1)C1CCC2(C)OC2C1. The lowest BCUT2D eigenvalue weighted by atomic mass is 9.77. The Kier molecular flexibility index (Phi) is 7.77. The molecule has 6 heteroatoms. The molecule has 4 atom stereocenters. The molecule has 0 N–H and O–H groups in total. The van der Waals surface area contributed by atoms with Crippen LogP contribution in [0.5, 0.6) is 0 Å². The summed E-state index contributed by atoms with van der Waals surface area (Å²) in [6.07, 6.45) is 4.18. The molecule has 4 unspecified atom stereocenters. The summed E-state index contributed by atoms with van der Waals surface area (Å²) in [5.74, 6) is 1.39. The highest BCUT2D eigenvalue weighted by molar-refractivity contribution is 7.10. The molecule has 3 aromatic carbocycles. The highest BCUT2D eigenvalue weighted by Crippen LogP contribution is 2.51. The van der Waals surface area contributed by atoms with Crippen LogP contribution in [-0.2, 0) is 13.0 Å². The summed E-state index contributed by atoms with van der Waals surface area (Å²) in [6, 6.07) is 33.8. The van der Waals surface area contributed by atoms with Crippen molar-refractivity contribution < 1.29 is 13.0 Å². The maximum absolute atomic E-state index is 7.55. The summed E-state index contributed by atoms with van der Waals surface area (Å²) in [6.45, 7) is 14.1. The Morgan fingerprint density at radius 1 is 0.789 bits per heavy atom. The zero-order chi connectivity index (χ0) is 27.0. The zero-order valence-electron chi connectivity index (χ0n) is 23.9. The van der Waals surface area contributed by atoms with Gasteiger partial charge in [-0.3, -0.25) is 0 Å². The molecule has 2 aliphatic rings. The lowest BCUT2D eigenvalue weighted by molar-refractivity contribution is 0.269. The first kappa shape index (κ1) is 27.7. The lowest BCUT2D eigenvalue weighted by Crippen LogP contribution is -2.73. The second-order valence-electron chi connectivity index (χ2n) is 12.8. The minimum absolute atomic E-state index is 0.183. The van der Waals surface area contributed by atoms with Gasteiger partial charge < -0.3 is 13.0 Å². The Bertz CT molecular complexity index is 1110. The van der Waals surface area contributed by atoms with E-state index in [4.69, 9.17) is 13.0 Å². The largest absolute Gasteiger partial charge is 0.436 e. The Morgan fingerprint density at radius 2 is 1.26 bits per heavy atom. The van der Waals surface area contributed by atoms with Gasteiger partial charge in [-0.2, -0.15) is 0 Å². The number of benzene rings is 3. The van der Waals surface area contributed by atoms with E-state index in [9.17, 15) is 0 Å². The van der Waals surface area contributed by atoms with Crippen LogP contribution in [0.2, 0.25) is 32.2 Å². The standard InChI is InChI=1S/C32H44O3Si3/c1-26(27-22-23-32(2)31(24-27)33-32)25-36(3,4)34-37(5,6)35-38(28-16-10-7-11-17-28,29-18-12-8-13-19-29)30-20-14-9-15-21-30/h7-21,26-27,31H,22-25H2,1-6H3. The third kappa shape index (κ3) is 5.86. The van der Waals surface area contributed by atoms with Crippen molar-refractivity contribution in [2.75, 3.05) is 0 Å². The molecule has 38 heavy (non-hydrogen) atoms. The van der Waals surface area contributed by atoms with Crippen molar-refractivity contribution in [2.45, 2.75) is 77.0 Å². The van der Waals surface area contributed by atoms with E-state index >= 15 is 0 Å². The summed E-state index contributed by atoms with van der Waals surface area (Å²) in [5, 5.41) is 3.80. The molecule has 1 aliphatic heterocycles. The monoisotopic (exact) mass is 560 g/mol. The number of epoxide rings is 1. The van der Waals surface area contributed by atoms with Gasteiger partial charge in [0.2, 0.25) is 0 Å². The molecule has 3 nitrogen and oxygen atoms in total. The minimum atomic E-state index is -2.80. The lowest BCUT2D eigenvalue weighted by Gasteiger charge is -2.43. The van der Waals surface area contributed by atoms with Gasteiger partial charge in [0.15, 0.2) is 8.32 Å². The molecule has 5 rings (SSSR count). The van der Waals surface area contributed by atoms with Gasteiger partial charge in [-0.25, -0.2) is 0 Å². The molecule has 0 amide bonds. The van der Waals surface area contributed by atoms with E-state index < -0.39 is 25.2 Å². The van der Waals surface area contributed by atoms with Gasteiger partial charge in [0, 0.05) is 0 Å². The fourth-order valence-electron chi connectivity index (χ4n) is 6.92. The maximum atomic E-state index is 7.55. The van der Waals surface area contributed by atoms with Crippen molar-refractivity contribution in [1.29, 1.82) is 0 Å². The van der Waals surface area contributed by atoms with Gasteiger partial charge >= 0.3 is 8.56 Å². The summed E-state index contributed by atoms with van der Waals surface area (Å²) in [4.78, 5) is 0. The van der Waals surface area contributed by atoms with Crippen LogP contribution >= 0.6 is 0 Å². The van der Waals surface area contributed by atoms with Gasteiger partial charge in [-0.15, -0.1) is 0 Å². The molecule has 202 valence electrons. The van der Waals surface area contributed by atoms with Crippen molar-refractivity contribution in [3.63, 3.8) is 0 Å². The van der Waals surface area contributed by atoms with Crippen LogP contribution in [-0.4, -0.2) is 36.9 Å². The van der Waals surface area contributed by atoms with Crippen LogP contribution in [0, 0.1) is 11.8 Å². The Hall–Kier alpha value is -1.81. The molecule has 1 heterocycles. The van der Waals surface area contributed by atoms with Crippen LogP contribution in [0.4, 0.5) is 0 Å². The fourth-order valence-corrected chi connectivity index (χ4v) is 22.4. The van der Waals surface area contributed by atoms with E-state index in [-0.39, 0.29) is 5.60 Å². The number of rotatable bonds is 10. The molecular weight excluding hydrogens is 517 g/mol. The third-order valence-corrected chi connectivity index (χ3v) is 21.1. The zero-order valence-corrected chi connectivity index (χ0v) is 26.9. The predicted octanol–water partition coefficient (Wildman–Crippen LogP) is 6.19. The van der Waals surface area contributed by atoms with Crippen molar-refractivity contribution >= 4 is 40.8 Å². The molecule has 1 saturated heterocycles. The number of ether oxygens (including phenoxy) is 1. The molecule has 3 aromatic rings. The molecule has 2 fully saturated rings. The number of hydrogen-bond donors (Lipinski definition) is 0. The molecule has 1 aliphatic carbocycles. The summed E-state index contributed by atoms with van der Waals surface area (Å²) in [5.41, 5.74) is 0.183. The van der Waals surface area contributed by atoms with Crippen LogP contribution in [0.1, 0.15) is 33.1 Å². The normalized spacial score (nSPS) is 24.5. The highest BCUT2D eigenvalue weighted by atomic mass is 28.5. The van der Waals surface area contributed by atoms with Crippen LogP contribution in [0.3, 0.4) is 0 Å². The molecule has 1 saturated carbocycles.